The molecule has 4 heteroatoms. The minimum atomic E-state index is 0.114. The van der Waals surface area contributed by atoms with E-state index in [2.05, 4.69) is 5.32 Å². The molecule has 0 atom stereocenters. The molecule has 15 heavy (non-hydrogen) atoms. The smallest absolute Gasteiger partial charge is 0.231 e. The van der Waals surface area contributed by atoms with Crippen molar-refractivity contribution >= 4 is 5.78 Å². The van der Waals surface area contributed by atoms with Crippen LogP contribution in [0.3, 0.4) is 0 Å². The van der Waals surface area contributed by atoms with Crippen molar-refractivity contribution in [2.75, 3.05) is 20.4 Å². The zero-order chi connectivity index (χ0) is 10.7. The van der Waals surface area contributed by atoms with E-state index < -0.39 is 0 Å². The second-order valence-electron chi connectivity index (χ2n) is 3.34. The minimum Gasteiger partial charge on any atom is -0.454 e. The average Bonchev–Trinajstić information content (AvgIpc) is 2.72. The maximum atomic E-state index is 11.7. The molecule has 1 heterocycles. The maximum absolute atomic E-state index is 11.7. The topological polar surface area (TPSA) is 47.6 Å². The molecule has 80 valence electrons. The SMILES string of the molecule is CNCCC(=O)c1ccc2c(c1)OCO2. The maximum Gasteiger partial charge on any atom is 0.231 e. The van der Waals surface area contributed by atoms with E-state index in [-0.39, 0.29) is 12.6 Å². The Balaban J connectivity index is 2.12. The number of carbonyl (C=O) groups is 1. The van der Waals surface area contributed by atoms with Crippen molar-refractivity contribution in [3.8, 4) is 11.5 Å². The van der Waals surface area contributed by atoms with Gasteiger partial charge in [0, 0.05) is 18.5 Å². The van der Waals surface area contributed by atoms with E-state index in [0.717, 1.165) is 0 Å². The molecule has 2 rings (SSSR count). The van der Waals surface area contributed by atoms with Gasteiger partial charge in [-0.3, -0.25) is 4.79 Å². The van der Waals surface area contributed by atoms with Gasteiger partial charge in [0.25, 0.3) is 0 Å². The van der Waals surface area contributed by atoms with Gasteiger partial charge in [-0.05, 0) is 25.2 Å². The minimum absolute atomic E-state index is 0.114. The van der Waals surface area contributed by atoms with Crippen LogP contribution in [0.5, 0.6) is 11.5 Å². The van der Waals surface area contributed by atoms with Crippen LogP contribution in [0.2, 0.25) is 0 Å². The first-order chi connectivity index (χ1) is 7.31. The summed E-state index contributed by atoms with van der Waals surface area (Å²) >= 11 is 0. The Morgan fingerprint density at radius 1 is 1.40 bits per heavy atom. The molecule has 0 spiro atoms. The summed E-state index contributed by atoms with van der Waals surface area (Å²) in [4.78, 5) is 11.7. The number of nitrogens with one attached hydrogen (secondary N) is 1. The van der Waals surface area contributed by atoms with Gasteiger partial charge in [-0.2, -0.15) is 0 Å². The fraction of sp³-hybridized carbons (Fsp3) is 0.364. The molecule has 1 aliphatic heterocycles. The number of hydrogen-bond acceptors (Lipinski definition) is 4. The summed E-state index contributed by atoms with van der Waals surface area (Å²) in [5.74, 6) is 1.48. The number of ketones is 1. The first-order valence-corrected chi connectivity index (χ1v) is 4.88. The summed E-state index contributed by atoms with van der Waals surface area (Å²) in [5.41, 5.74) is 0.675. The molecular weight excluding hydrogens is 194 g/mol. The summed E-state index contributed by atoms with van der Waals surface area (Å²) in [6.07, 6.45) is 0.496. The van der Waals surface area contributed by atoms with Crippen molar-refractivity contribution in [2.45, 2.75) is 6.42 Å². The molecule has 1 aromatic rings. The van der Waals surface area contributed by atoms with Crippen LogP contribution in [-0.2, 0) is 0 Å². The molecule has 0 radical (unpaired) electrons. The Morgan fingerprint density at radius 3 is 3.00 bits per heavy atom. The van der Waals surface area contributed by atoms with E-state index in [1.165, 1.54) is 0 Å². The quantitative estimate of drug-likeness (QED) is 0.754. The number of Topliss-reactive ketones (excluding diaryl/α,β-unsaturated/α-hetero) is 1. The second kappa shape index (κ2) is 4.31. The van der Waals surface area contributed by atoms with E-state index in [9.17, 15) is 4.79 Å². The molecule has 0 amide bonds. The van der Waals surface area contributed by atoms with E-state index in [4.69, 9.17) is 9.47 Å². The van der Waals surface area contributed by atoms with Crippen LogP contribution < -0.4 is 14.8 Å². The Bertz CT molecular complexity index is 376. The predicted molar refractivity (Wildman–Crippen MR) is 55.4 cm³/mol. The molecule has 0 fully saturated rings. The summed E-state index contributed by atoms with van der Waals surface area (Å²) in [6, 6.07) is 5.28. The number of hydrogen-bond donors (Lipinski definition) is 1. The van der Waals surface area contributed by atoms with Crippen molar-refractivity contribution in [1.29, 1.82) is 0 Å². The predicted octanol–water partition coefficient (Wildman–Crippen LogP) is 1.21. The van der Waals surface area contributed by atoms with Crippen molar-refractivity contribution in [1.82, 2.24) is 5.32 Å². The van der Waals surface area contributed by atoms with Gasteiger partial charge in [0.05, 0.1) is 0 Å². The molecule has 0 aromatic heterocycles. The Morgan fingerprint density at radius 2 is 2.20 bits per heavy atom. The highest BCUT2D eigenvalue weighted by molar-refractivity contribution is 5.96. The lowest BCUT2D eigenvalue weighted by Gasteiger charge is -2.02. The van der Waals surface area contributed by atoms with Gasteiger partial charge in [0.1, 0.15) is 0 Å². The highest BCUT2D eigenvalue weighted by atomic mass is 16.7. The summed E-state index contributed by atoms with van der Waals surface area (Å²) in [7, 11) is 1.83. The van der Waals surface area contributed by atoms with Crippen molar-refractivity contribution in [3.63, 3.8) is 0 Å². The fourth-order valence-corrected chi connectivity index (χ4v) is 1.45. The van der Waals surface area contributed by atoms with Gasteiger partial charge < -0.3 is 14.8 Å². The standard InChI is InChI=1S/C11H13NO3/c1-12-5-4-9(13)8-2-3-10-11(6-8)15-7-14-10/h2-3,6,12H,4-5,7H2,1H3. The van der Waals surface area contributed by atoms with E-state index >= 15 is 0 Å². The molecule has 0 saturated carbocycles. The number of ether oxygens (including phenoxy) is 2. The van der Waals surface area contributed by atoms with Crippen LogP contribution >= 0.6 is 0 Å². The monoisotopic (exact) mass is 207 g/mol. The van der Waals surface area contributed by atoms with E-state index in [1.807, 2.05) is 7.05 Å². The highest BCUT2D eigenvalue weighted by Crippen LogP contribution is 2.32. The van der Waals surface area contributed by atoms with Crippen LogP contribution in [0.1, 0.15) is 16.8 Å². The summed E-state index contributed by atoms with van der Waals surface area (Å²) in [6.45, 7) is 0.927. The number of benzene rings is 1. The van der Waals surface area contributed by atoms with E-state index in [0.29, 0.717) is 30.0 Å². The van der Waals surface area contributed by atoms with E-state index in [1.54, 1.807) is 18.2 Å². The Kier molecular flexibility index (Phi) is 2.87. The van der Waals surface area contributed by atoms with Crippen LogP contribution in [0, 0.1) is 0 Å². The zero-order valence-corrected chi connectivity index (χ0v) is 8.58. The molecule has 1 aliphatic rings. The fourth-order valence-electron chi connectivity index (χ4n) is 1.45. The van der Waals surface area contributed by atoms with Crippen LogP contribution in [0.25, 0.3) is 0 Å². The van der Waals surface area contributed by atoms with Crippen LogP contribution in [0.4, 0.5) is 0 Å². The lowest BCUT2D eigenvalue weighted by molar-refractivity contribution is 0.0983. The lowest BCUT2D eigenvalue weighted by atomic mass is 10.1. The lowest BCUT2D eigenvalue weighted by Crippen LogP contribution is -2.12. The Labute approximate surface area is 88.2 Å². The molecule has 1 aromatic carbocycles. The molecule has 4 nitrogen and oxygen atoms in total. The molecule has 0 bridgehead atoms. The number of rotatable bonds is 4. The van der Waals surface area contributed by atoms with Crippen LogP contribution in [0.15, 0.2) is 18.2 Å². The first-order valence-electron chi connectivity index (χ1n) is 4.88. The highest BCUT2D eigenvalue weighted by Gasteiger charge is 2.15. The molecule has 0 unspecified atom stereocenters. The molecule has 0 saturated heterocycles. The Hall–Kier alpha value is -1.55. The largest absolute Gasteiger partial charge is 0.454 e. The summed E-state index contributed by atoms with van der Waals surface area (Å²) in [5, 5.41) is 2.94. The number of carbonyl (C=O) groups excluding carboxylic acids is 1. The second-order valence-corrected chi connectivity index (χ2v) is 3.34. The average molecular weight is 207 g/mol. The van der Waals surface area contributed by atoms with Crippen molar-refractivity contribution in [2.24, 2.45) is 0 Å². The third-order valence-corrected chi connectivity index (χ3v) is 2.30. The molecule has 1 N–H and O–H groups in total. The normalized spacial score (nSPS) is 12.9. The molecular formula is C11H13NO3. The van der Waals surface area contributed by atoms with Gasteiger partial charge in [0.2, 0.25) is 6.79 Å². The van der Waals surface area contributed by atoms with Crippen LogP contribution in [-0.4, -0.2) is 26.2 Å². The number of fused-ring (bicyclic) bond motifs is 1. The van der Waals surface area contributed by atoms with Gasteiger partial charge >= 0.3 is 0 Å². The zero-order valence-electron chi connectivity index (χ0n) is 8.58. The third kappa shape index (κ3) is 2.10. The first kappa shape index (κ1) is 9.98. The van der Waals surface area contributed by atoms with Crippen molar-refractivity contribution < 1.29 is 14.3 Å². The summed E-state index contributed by atoms with van der Waals surface area (Å²) < 4.78 is 10.4. The van der Waals surface area contributed by atoms with Gasteiger partial charge in [-0.25, -0.2) is 0 Å². The third-order valence-electron chi connectivity index (χ3n) is 2.30. The van der Waals surface area contributed by atoms with Crippen molar-refractivity contribution in [3.05, 3.63) is 23.8 Å². The van der Waals surface area contributed by atoms with Gasteiger partial charge in [0.15, 0.2) is 17.3 Å². The van der Waals surface area contributed by atoms with Gasteiger partial charge in [-0.15, -0.1) is 0 Å². The molecule has 0 aliphatic carbocycles. The van der Waals surface area contributed by atoms with Gasteiger partial charge in [-0.1, -0.05) is 0 Å².